The maximum Gasteiger partial charge on any atom is 0.371 e. The van der Waals surface area contributed by atoms with Crippen molar-refractivity contribution < 1.29 is 14.6 Å². The SMILES string of the molecule is CO/C(=C\c1ccccc1N)C(=O)O. The number of hydrogen-bond donors (Lipinski definition) is 2. The molecule has 3 N–H and O–H groups in total. The van der Waals surface area contributed by atoms with Crippen molar-refractivity contribution in [2.24, 2.45) is 0 Å². The summed E-state index contributed by atoms with van der Waals surface area (Å²) in [5, 5.41) is 8.69. The Bertz CT molecular complexity index is 371. The van der Waals surface area contributed by atoms with Gasteiger partial charge in [0.05, 0.1) is 7.11 Å². The molecule has 0 spiro atoms. The van der Waals surface area contributed by atoms with Crippen molar-refractivity contribution in [3.63, 3.8) is 0 Å². The molecule has 0 atom stereocenters. The summed E-state index contributed by atoms with van der Waals surface area (Å²) in [5.41, 5.74) is 6.78. The molecule has 1 aromatic carbocycles. The molecule has 1 aromatic rings. The molecule has 0 aliphatic rings. The molecular weight excluding hydrogens is 182 g/mol. The van der Waals surface area contributed by atoms with E-state index < -0.39 is 5.97 Å². The molecule has 0 aromatic heterocycles. The van der Waals surface area contributed by atoms with Crippen molar-refractivity contribution in [1.29, 1.82) is 0 Å². The third kappa shape index (κ3) is 2.26. The first-order chi connectivity index (χ1) is 6.65. The van der Waals surface area contributed by atoms with Crippen LogP contribution in [0.25, 0.3) is 6.08 Å². The Labute approximate surface area is 81.6 Å². The number of carboxylic acids is 1. The van der Waals surface area contributed by atoms with Gasteiger partial charge < -0.3 is 15.6 Å². The van der Waals surface area contributed by atoms with E-state index in [4.69, 9.17) is 10.8 Å². The number of carbonyl (C=O) groups is 1. The lowest BCUT2D eigenvalue weighted by molar-refractivity contribution is -0.135. The number of rotatable bonds is 3. The van der Waals surface area contributed by atoms with Gasteiger partial charge in [0.25, 0.3) is 0 Å². The second kappa shape index (κ2) is 4.32. The number of nitrogen functional groups attached to an aromatic ring is 1. The van der Waals surface area contributed by atoms with Crippen LogP contribution in [-0.2, 0) is 9.53 Å². The molecule has 4 nitrogen and oxygen atoms in total. The first kappa shape index (κ1) is 10.1. The standard InChI is InChI=1S/C10H11NO3/c1-14-9(10(12)13)6-7-4-2-3-5-8(7)11/h2-6H,11H2,1H3,(H,12,13)/b9-6-. The van der Waals surface area contributed by atoms with Crippen LogP contribution in [-0.4, -0.2) is 18.2 Å². The van der Waals surface area contributed by atoms with Gasteiger partial charge in [-0.15, -0.1) is 0 Å². The molecule has 0 saturated carbocycles. The van der Waals surface area contributed by atoms with E-state index >= 15 is 0 Å². The number of aliphatic carboxylic acids is 1. The monoisotopic (exact) mass is 193 g/mol. The number of benzene rings is 1. The third-order valence-electron chi connectivity index (χ3n) is 1.71. The minimum Gasteiger partial charge on any atom is -0.490 e. The Kier molecular flexibility index (Phi) is 3.12. The summed E-state index contributed by atoms with van der Waals surface area (Å²) in [6.07, 6.45) is 1.39. The first-order valence-electron chi connectivity index (χ1n) is 3.98. The quantitative estimate of drug-likeness (QED) is 0.431. The van der Waals surface area contributed by atoms with Gasteiger partial charge in [-0.2, -0.15) is 0 Å². The van der Waals surface area contributed by atoms with Crippen molar-refractivity contribution >= 4 is 17.7 Å². The largest absolute Gasteiger partial charge is 0.490 e. The van der Waals surface area contributed by atoms with E-state index in [9.17, 15) is 4.79 Å². The lowest BCUT2D eigenvalue weighted by Crippen LogP contribution is -2.02. The fourth-order valence-corrected chi connectivity index (χ4v) is 0.992. The van der Waals surface area contributed by atoms with Gasteiger partial charge in [0, 0.05) is 11.3 Å². The summed E-state index contributed by atoms with van der Waals surface area (Å²) in [6, 6.07) is 6.97. The summed E-state index contributed by atoms with van der Waals surface area (Å²) in [4.78, 5) is 10.6. The summed E-state index contributed by atoms with van der Waals surface area (Å²) >= 11 is 0. The maximum atomic E-state index is 10.6. The van der Waals surface area contributed by atoms with Gasteiger partial charge in [-0.05, 0) is 12.1 Å². The molecule has 14 heavy (non-hydrogen) atoms. The Balaban J connectivity index is 3.07. The number of hydrogen-bond acceptors (Lipinski definition) is 3. The zero-order valence-corrected chi connectivity index (χ0v) is 7.73. The molecule has 74 valence electrons. The maximum absolute atomic E-state index is 10.6. The molecule has 0 bridgehead atoms. The van der Waals surface area contributed by atoms with Gasteiger partial charge in [-0.3, -0.25) is 0 Å². The molecule has 0 aliphatic heterocycles. The van der Waals surface area contributed by atoms with Crippen LogP contribution in [0.15, 0.2) is 30.0 Å². The number of ether oxygens (including phenoxy) is 1. The van der Waals surface area contributed by atoms with Crippen LogP contribution in [0.3, 0.4) is 0 Å². The average Bonchev–Trinajstić information content (AvgIpc) is 2.16. The van der Waals surface area contributed by atoms with E-state index in [0.29, 0.717) is 11.3 Å². The summed E-state index contributed by atoms with van der Waals surface area (Å²) in [7, 11) is 1.30. The third-order valence-corrected chi connectivity index (χ3v) is 1.71. The molecule has 0 fully saturated rings. The normalized spacial score (nSPS) is 11.1. The van der Waals surface area contributed by atoms with E-state index in [1.807, 2.05) is 0 Å². The van der Waals surface area contributed by atoms with Crippen LogP contribution in [0.4, 0.5) is 5.69 Å². The fourth-order valence-electron chi connectivity index (χ4n) is 0.992. The van der Waals surface area contributed by atoms with E-state index in [-0.39, 0.29) is 5.76 Å². The smallest absolute Gasteiger partial charge is 0.371 e. The summed E-state index contributed by atoms with van der Waals surface area (Å²) < 4.78 is 4.68. The second-order valence-corrected chi connectivity index (χ2v) is 2.65. The van der Waals surface area contributed by atoms with Crippen molar-refractivity contribution in [2.45, 2.75) is 0 Å². The highest BCUT2D eigenvalue weighted by Gasteiger charge is 2.07. The van der Waals surface area contributed by atoms with Crippen molar-refractivity contribution in [3.05, 3.63) is 35.6 Å². The van der Waals surface area contributed by atoms with Crippen molar-refractivity contribution in [1.82, 2.24) is 0 Å². The summed E-state index contributed by atoms with van der Waals surface area (Å²) in [6.45, 7) is 0. The van der Waals surface area contributed by atoms with E-state index in [1.165, 1.54) is 13.2 Å². The van der Waals surface area contributed by atoms with Gasteiger partial charge in [-0.1, -0.05) is 18.2 Å². The zero-order valence-electron chi connectivity index (χ0n) is 7.73. The van der Waals surface area contributed by atoms with Gasteiger partial charge in [0.15, 0.2) is 0 Å². The van der Waals surface area contributed by atoms with E-state index in [2.05, 4.69) is 4.74 Å². The highest BCUT2D eigenvalue weighted by atomic mass is 16.5. The lowest BCUT2D eigenvalue weighted by atomic mass is 10.1. The first-order valence-corrected chi connectivity index (χ1v) is 3.98. The predicted octanol–water partition coefficient (Wildman–Crippen LogP) is 1.34. The molecule has 0 amide bonds. The van der Waals surface area contributed by atoms with Crippen molar-refractivity contribution in [2.75, 3.05) is 12.8 Å². The number of anilines is 1. The van der Waals surface area contributed by atoms with Crippen LogP contribution in [0.2, 0.25) is 0 Å². The van der Waals surface area contributed by atoms with E-state index in [1.54, 1.807) is 24.3 Å². The number of nitrogens with two attached hydrogens (primary N) is 1. The Morgan fingerprint density at radius 2 is 2.14 bits per heavy atom. The van der Waals surface area contributed by atoms with Gasteiger partial charge in [0.2, 0.25) is 5.76 Å². The molecule has 0 aliphatic carbocycles. The number of para-hydroxylation sites is 1. The van der Waals surface area contributed by atoms with Crippen LogP contribution < -0.4 is 5.73 Å². The lowest BCUT2D eigenvalue weighted by Gasteiger charge is -2.02. The molecular formula is C10H11NO3. The van der Waals surface area contributed by atoms with Gasteiger partial charge in [-0.25, -0.2) is 4.79 Å². The molecule has 0 heterocycles. The topological polar surface area (TPSA) is 72.5 Å². The predicted molar refractivity (Wildman–Crippen MR) is 53.5 cm³/mol. The molecule has 0 radical (unpaired) electrons. The minimum atomic E-state index is -1.12. The second-order valence-electron chi connectivity index (χ2n) is 2.65. The van der Waals surface area contributed by atoms with Gasteiger partial charge >= 0.3 is 5.97 Å². The molecule has 4 heteroatoms. The number of carboxylic acid groups (broad SMARTS) is 1. The number of methoxy groups -OCH3 is 1. The Morgan fingerprint density at radius 3 is 2.64 bits per heavy atom. The van der Waals surface area contributed by atoms with E-state index in [0.717, 1.165) is 0 Å². The van der Waals surface area contributed by atoms with Crippen molar-refractivity contribution in [3.8, 4) is 0 Å². The summed E-state index contributed by atoms with van der Waals surface area (Å²) in [5.74, 6) is -1.25. The highest BCUT2D eigenvalue weighted by Crippen LogP contribution is 2.14. The fraction of sp³-hybridized carbons (Fsp3) is 0.100. The zero-order chi connectivity index (χ0) is 10.6. The van der Waals surface area contributed by atoms with Crippen LogP contribution in [0, 0.1) is 0 Å². The highest BCUT2D eigenvalue weighted by molar-refractivity contribution is 5.90. The average molecular weight is 193 g/mol. The van der Waals surface area contributed by atoms with Crippen LogP contribution >= 0.6 is 0 Å². The minimum absolute atomic E-state index is 0.136. The van der Waals surface area contributed by atoms with Crippen LogP contribution in [0.5, 0.6) is 0 Å². The Hall–Kier alpha value is -1.97. The Morgan fingerprint density at radius 1 is 1.50 bits per heavy atom. The molecule has 1 rings (SSSR count). The van der Waals surface area contributed by atoms with Gasteiger partial charge in [0.1, 0.15) is 0 Å². The van der Waals surface area contributed by atoms with Crippen LogP contribution in [0.1, 0.15) is 5.56 Å². The molecule has 0 unspecified atom stereocenters. The molecule has 0 saturated heterocycles.